The number of hydrogen-bond donors (Lipinski definition) is 1. The second kappa shape index (κ2) is 6.80. The Labute approximate surface area is 158 Å². The molecule has 0 saturated heterocycles. The molecule has 2 aromatic carbocycles. The van der Waals surface area contributed by atoms with Crippen LogP contribution in [0.2, 0.25) is 0 Å². The van der Waals surface area contributed by atoms with E-state index in [1.165, 1.54) is 5.56 Å². The highest BCUT2D eigenvalue weighted by Crippen LogP contribution is 2.43. The number of nitrogens with one attached hydrogen (secondary N) is 1. The van der Waals surface area contributed by atoms with E-state index in [0.29, 0.717) is 25.6 Å². The van der Waals surface area contributed by atoms with Crippen molar-refractivity contribution in [2.24, 2.45) is 5.92 Å². The van der Waals surface area contributed by atoms with E-state index in [-0.39, 0.29) is 11.9 Å². The minimum Gasteiger partial charge on any atom is -0.493 e. The number of hydrogen-bond acceptors (Lipinski definition) is 4. The lowest BCUT2D eigenvalue weighted by atomic mass is 10.0. The van der Waals surface area contributed by atoms with Gasteiger partial charge in [-0.25, -0.2) is 0 Å². The van der Waals surface area contributed by atoms with Crippen molar-refractivity contribution in [3.05, 3.63) is 53.1 Å². The van der Waals surface area contributed by atoms with E-state index < -0.39 is 0 Å². The van der Waals surface area contributed by atoms with Crippen LogP contribution in [0.1, 0.15) is 35.6 Å². The van der Waals surface area contributed by atoms with Crippen molar-refractivity contribution in [2.45, 2.75) is 31.7 Å². The Bertz CT molecular complexity index is 875. The first-order chi connectivity index (χ1) is 13.3. The Balaban J connectivity index is 1.30. The van der Waals surface area contributed by atoms with Crippen LogP contribution in [0.15, 0.2) is 36.4 Å². The Morgan fingerprint density at radius 2 is 1.74 bits per heavy atom. The zero-order chi connectivity index (χ0) is 18.2. The number of ether oxygens (including phenoxy) is 3. The number of amides is 1. The summed E-state index contributed by atoms with van der Waals surface area (Å²) in [6.45, 7) is 1.89. The van der Waals surface area contributed by atoms with Gasteiger partial charge < -0.3 is 19.5 Å². The number of fused-ring (bicyclic) bond motifs is 2. The molecular formula is C22H23NO4. The second-order valence-corrected chi connectivity index (χ2v) is 7.50. The second-order valence-electron chi connectivity index (χ2n) is 7.50. The summed E-state index contributed by atoms with van der Waals surface area (Å²) in [5, 5.41) is 3.25. The van der Waals surface area contributed by atoms with Crippen molar-refractivity contribution in [3.8, 4) is 17.2 Å². The van der Waals surface area contributed by atoms with Gasteiger partial charge in [0.2, 0.25) is 5.91 Å². The molecule has 1 amide bonds. The molecule has 5 nitrogen and oxygen atoms in total. The summed E-state index contributed by atoms with van der Waals surface area (Å²) in [5.74, 6) is 3.07. The molecule has 0 spiro atoms. The van der Waals surface area contributed by atoms with Gasteiger partial charge in [0.15, 0.2) is 11.5 Å². The van der Waals surface area contributed by atoms with Gasteiger partial charge in [-0.3, -0.25) is 4.79 Å². The number of carbonyl (C=O) groups excluding carboxylic acids is 1. The maximum atomic E-state index is 12.7. The van der Waals surface area contributed by atoms with Gasteiger partial charge in [-0.15, -0.1) is 0 Å². The summed E-state index contributed by atoms with van der Waals surface area (Å²) < 4.78 is 16.9. The maximum Gasteiger partial charge on any atom is 0.224 e. The van der Waals surface area contributed by atoms with E-state index in [1.54, 1.807) is 0 Å². The highest BCUT2D eigenvalue weighted by molar-refractivity contribution is 5.79. The lowest BCUT2D eigenvalue weighted by Gasteiger charge is -2.23. The largest absolute Gasteiger partial charge is 0.493 e. The maximum absolute atomic E-state index is 12.7. The molecule has 1 aliphatic carbocycles. The molecule has 1 N–H and O–H groups in total. The van der Waals surface area contributed by atoms with Gasteiger partial charge in [0.05, 0.1) is 19.1 Å². The lowest BCUT2D eigenvalue weighted by molar-refractivity contribution is -0.121. The highest BCUT2D eigenvalue weighted by Gasteiger charge is 2.34. The van der Waals surface area contributed by atoms with Gasteiger partial charge >= 0.3 is 0 Å². The Morgan fingerprint density at radius 1 is 0.963 bits per heavy atom. The molecular weight excluding hydrogens is 342 g/mol. The topological polar surface area (TPSA) is 56.8 Å². The smallest absolute Gasteiger partial charge is 0.224 e. The molecule has 2 aromatic rings. The Morgan fingerprint density at radius 3 is 2.59 bits per heavy atom. The first kappa shape index (κ1) is 16.5. The van der Waals surface area contributed by atoms with Crippen molar-refractivity contribution < 1.29 is 19.0 Å². The zero-order valence-corrected chi connectivity index (χ0v) is 15.2. The number of rotatable bonds is 5. The summed E-state index contributed by atoms with van der Waals surface area (Å²) in [6.07, 6.45) is 3.61. The van der Waals surface area contributed by atoms with Gasteiger partial charge in [0.1, 0.15) is 19.0 Å². The molecule has 1 fully saturated rings. The zero-order valence-electron chi connectivity index (χ0n) is 15.2. The van der Waals surface area contributed by atoms with Gasteiger partial charge in [0, 0.05) is 6.42 Å². The third-order valence-electron chi connectivity index (χ3n) is 5.45. The van der Waals surface area contributed by atoms with Gasteiger partial charge in [0.25, 0.3) is 0 Å². The van der Waals surface area contributed by atoms with E-state index in [4.69, 9.17) is 14.2 Å². The van der Waals surface area contributed by atoms with Crippen LogP contribution in [0, 0.1) is 5.92 Å². The van der Waals surface area contributed by atoms with E-state index in [0.717, 1.165) is 54.2 Å². The first-order valence-electron chi connectivity index (χ1n) is 9.70. The first-order valence-corrected chi connectivity index (χ1v) is 9.70. The van der Waals surface area contributed by atoms with Crippen LogP contribution >= 0.6 is 0 Å². The minimum atomic E-state index is 0.0334. The molecule has 1 atom stereocenters. The van der Waals surface area contributed by atoms with Crippen LogP contribution in [0.3, 0.4) is 0 Å². The molecule has 5 heteroatoms. The molecule has 0 bridgehead atoms. The Kier molecular flexibility index (Phi) is 4.15. The fraction of sp³-hybridized carbons (Fsp3) is 0.409. The van der Waals surface area contributed by atoms with Crippen LogP contribution in [0.25, 0.3) is 0 Å². The van der Waals surface area contributed by atoms with Gasteiger partial charge in [-0.1, -0.05) is 18.2 Å². The van der Waals surface area contributed by atoms with Crippen LogP contribution in [-0.4, -0.2) is 25.7 Å². The monoisotopic (exact) mass is 365 g/mol. The predicted molar refractivity (Wildman–Crippen MR) is 100 cm³/mol. The molecule has 0 aromatic heterocycles. The van der Waals surface area contributed by atoms with E-state index in [1.807, 2.05) is 30.3 Å². The molecule has 2 aliphatic heterocycles. The lowest BCUT2D eigenvalue weighted by Crippen LogP contribution is -2.31. The van der Waals surface area contributed by atoms with Crippen molar-refractivity contribution >= 4 is 5.91 Å². The van der Waals surface area contributed by atoms with Crippen LogP contribution in [0.5, 0.6) is 17.2 Å². The van der Waals surface area contributed by atoms with E-state index in [9.17, 15) is 4.79 Å². The van der Waals surface area contributed by atoms with Crippen LogP contribution in [-0.2, 0) is 17.6 Å². The van der Waals surface area contributed by atoms with Crippen molar-refractivity contribution in [2.75, 3.05) is 19.8 Å². The minimum absolute atomic E-state index is 0.0334. The van der Waals surface area contributed by atoms with Crippen molar-refractivity contribution in [3.63, 3.8) is 0 Å². The molecule has 3 aliphatic rings. The molecule has 1 saturated carbocycles. The van der Waals surface area contributed by atoms with Crippen molar-refractivity contribution in [1.29, 1.82) is 0 Å². The number of benzene rings is 2. The van der Waals surface area contributed by atoms with Gasteiger partial charge in [-0.05, 0) is 53.6 Å². The molecule has 140 valence electrons. The number of carbonyl (C=O) groups is 1. The highest BCUT2D eigenvalue weighted by atomic mass is 16.6. The summed E-state index contributed by atoms with van der Waals surface area (Å²) in [5.41, 5.74) is 3.33. The third kappa shape index (κ3) is 3.46. The molecule has 27 heavy (non-hydrogen) atoms. The van der Waals surface area contributed by atoms with E-state index in [2.05, 4.69) is 11.4 Å². The van der Waals surface area contributed by atoms with Crippen molar-refractivity contribution in [1.82, 2.24) is 5.32 Å². The van der Waals surface area contributed by atoms with Crippen LogP contribution < -0.4 is 19.5 Å². The van der Waals surface area contributed by atoms with E-state index >= 15 is 0 Å². The standard InChI is InChI=1S/C22H23NO4/c24-21(12-14-1-5-18-16(11-14)7-8-25-18)23-22(15-2-3-15)17-4-6-19-20(13-17)27-10-9-26-19/h1,4-6,11,13,15,22H,2-3,7-10,12H2,(H,23,24). The molecule has 2 heterocycles. The fourth-order valence-corrected chi connectivity index (χ4v) is 3.92. The average molecular weight is 365 g/mol. The summed E-state index contributed by atoms with van der Waals surface area (Å²) >= 11 is 0. The molecule has 0 radical (unpaired) electrons. The third-order valence-corrected chi connectivity index (χ3v) is 5.45. The average Bonchev–Trinajstić information content (AvgIpc) is 3.43. The fourth-order valence-electron chi connectivity index (χ4n) is 3.92. The quantitative estimate of drug-likeness (QED) is 0.884. The SMILES string of the molecule is O=C(Cc1ccc2c(c1)CCO2)NC(c1ccc2c(c1)OCCO2)C1CC1. The normalized spacial score (nSPS) is 18.4. The molecule has 5 rings (SSSR count). The molecule has 1 unspecified atom stereocenters. The summed E-state index contributed by atoms with van der Waals surface area (Å²) in [7, 11) is 0. The summed E-state index contributed by atoms with van der Waals surface area (Å²) in [4.78, 5) is 12.7. The predicted octanol–water partition coefficient (Wildman–Crippen LogP) is 3.20. The summed E-state index contributed by atoms with van der Waals surface area (Å²) in [6, 6.07) is 12.1. The Hall–Kier alpha value is -2.69. The van der Waals surface area contributed by atoms with Crippen LogP contribution in [0.4, 0.5) is 0 Å². The van der Waals surface area contributed by atoms with Gasteiger partial charge in [-0.2, -0.15) is 0 Å².